The van der Waals surface area contributed by atoms with E-state index in [2.05, 4.69) is 10.1 Å². The lowest BCUT2D eigenvalue weighted by Crippen LogP contribution is -2.19. The van der Waals surface area contributed by atoms with E-state index in [9.17, 15) is 9.18 Å². The molecular weight excluding hydrogens is 393 g/mol. The highest BCUT2D eigenvalue weighted by Gasteiger charge is 2.24. The van der Waals surface area contributed by atoms with Crippen LogP contribution >= 0.6 is 11.6 Å². The molecule has 0 N–H and O–H groups in total. The van der Waals surface area contributed by atoms with E-state index in [1.54, 1.807) is 10.7 Å². The summed E-state index contributed by atoms with van der Waals surface area (Å²) in [6.07, 6.45) is 1.44. The highest BCUT2D eigenvalue weighted by molar-refractivity contribution is 6.30. The van der Waals surface area contributed by atoms with E-state index < -0.39 is 5.82 Å². The predicted molar refractivity (Wildman–Crippen MR) is 109 cm³/mol. The van der Waals surface area contributed by atoms with Crippen LogP contribution < -0.4 is 4.74 Å². The van der Waals surface area contributed by atoms with Crippen molar-refractivity contribution in [2.75, 3.05) is 6.61 Å². The fraction of sp³-hybridized carbons (Fsp3) is 0.318. The molecule has 4 rings (SSSR count). The third kappa shape index (κ3) is 4.17. The first-order valence-electron chi connectivity index (χ1n) is 9.67. The molecule has 1 aromatic heterocycles. The van der Waals surface area contributed by atoms with Crippen LogP contribution in [0.4, 0.5) is 4.39 Å². The Kier molecular flexibility index (Phi) is 5.62. The van der Waals surface area contributed by atoms with E-state index in [0.29, 0.717) is 36.8 Å². The second-order valence-electron chi connectivity index (χ2n) is 7.09. The van der Waals surface area contributed by atoms with E-state index in [1.807, 2.05) is 31.2 Å². The first-order valence-corrected chi connectivity index (χ1v) is 10.1. The first kappa shape index (κ1) is 19.6. The van der Waals surface area contributed by atoms with Crippen LogP contribution in [0.2, 0.25) is 5.02 Å². The highest BCUT2D eigenvalue weighted by Crippen LogP contribution is 2.35. The summed E-state index contributed by atoms with van der Waals surface area (Å²) < 4.78 is 21.2. The van der Waals surface area contributed by atoms with Gasteiger partial charge in [0.25, 0.3) is 0 Å². The number of hydrogen-bond acceptors (Lipinski definition) is 4. The van der Waals surface area contributed by atoms with Crippen LogP contribution in [0, 0.1) is 5.82 Å². The number of halogens is 2. The number of hydrogen-bond donors (Lipinski definition) is 0. The number of para-hydroxylation sites is 1. The Morgan fingerprint density at radius 3 is 2.93 bits per heavy atom. The van der Waals surface area contributed by atoms with E-state index >= 15 is 0 Å². The van der Waals surface area contributed by atoms with Crippen LogP contribution in [0.5, 0.6) is 5.75 Å². The average Bonchev–Trinajstić information content (AvgIpc) is 3.13. The molecule has 0 spiro atoms. The molecule has 0 radical (unpaired) electrons. The van der Waals surface area contributed by atoms with Gasteiger partial charge in [-0.05, 0) is 49.1 Å². The monoisotopic (exact) mass is 413 g/mol. The van der Waals surface area contributed by atoms with Gasteiger partial charge in [0, 0.05) is 18.5 Å². The molecule has 1 aliphatic rings. The molecule has 7 heteroatoms. The Labute approximate surface area is 173 Å². The zero-order valence-electron chi connectivity index (χ0n) is 16.1. The maximum absolute atomic E-state index is 13.8. The van der Waals surface area contributed by atoms with Gasteiger partial charge in [-0.1, -0.05) is 29.8 Å². The summed E-state index contributed by atoms with van der Waals surface area (Å²) >= 11 is 5.75. The number of Topliss-reactive ketones (excluding diaryl/α,β-unsaturated/α-hetero) is 1. The molecule has 2 aromatic carbocycles. The minimum absolute atomic E-state index is 0.0517. The lowest BCUT2D eigenvalue weighted by atomic mass is 9.88. The van der Waals surface area contributed by atoms with Crippen LogP contribution in [0.1, 0.15) is 37.1 Å². The number of benzene rings is 2. The average molecular weight is 414 g/mol. The Morgan fingerprint density at radius 1 is 1.31 bits per heavy atom. The number of nitrogens with zero attached hydrogens (tertiary/aromatic N) is 3. The van der Waals surface area contributed by atoms with Gasteiger partial charge >= 0.3 is 0 Å². The molecule has 0 unspecified atom stereocenters. The molecule has 0 bridgehead atoms. The minimum Gasteiger partial charge on any atom is -0.493 e. The third-order valence-electron chi connectivity index (χ3n) is 5.14. The molecule has 2 heterocycles. The molecule has 150 valence electrons. The molecule has 0 aliphatic carbocycles. The first-order chi connectivity index (χ1) is 14.0. The maximum Gasteiger partial charge on any atom is 0.181 e. The molecule has 29 heavy (non-hydrogen) atoms. The topological polar surface area (TPSA) is 57.0 Å². The lowest BCUT2D eigenvalue weighted by molar-refractivity contribution is -0.119. The normalized spacial score (nSPS) is 15.6. The summed E-state index contributed by atoms with van der Waals surface area (Å²) in [4.78, 5) is 17.3. The lowest BCUT2D eigenvalue weighted by Gasteiger charge is -2.25. The zero-order valence-corrected chi connectivity index (χ0v) is 16.8. The van der Waals surface area contributed by atoms with Crippen LogP contribution in [-0.2, 0) is 17.8 Å². The summed E-state index contributed by atoms with van der Waals surface area (Å²) in [5, 5.41) is 4.48. The number of aromatic nitrogens is 3. The van der Waals surface area contributed by atoms with Crippen molar-refractivity contribution in [2.24, 2.45) is 0 Å². The number of ether oxygens (including phenoxy) is 1. The Morgan fingerprint density at radius 2 is 2.14 bits per heavy atom. The van der Waals surface area contributed by atoms with Crippen molar-refractivity contribution in [3.63, 3.8) is 0 Å². The number of carbonyl (C=O) groups excluding carboxylic acids is 1. The molecule has 0 fully saturated rings. The number of carbonyl (C=O) groups is 1. The number of fused-ring (bicyclic) bond motifs is 1. The Bertz CT molecular complexity index is 1050. The van der Waals surface area contributed by atoms with E-state index in [0.717, 1.165) is 17.7 Å². The summed E-state index contributed by atoms with van der Waals surface area (Å²) in [5.74, 6) is 1.57. The molecule has 5 nitrogen and oxygen atoms in total. The van der Waals surface area contributed by atoms with Gasteiger partial charge in [-0.2, -0.15) is 5.10 Å². The summed E-state index contributed by atoms with van der Waals surface area (Å²) in [7, 11) is 0. The van der Waals surface area contributed by atoms with Crippen molar-refractivity contribution < 1.29 is 13.9 Å². The Balaban J connectivity index is 1.51. The number of aryl methyl sites for hydroxylation is 1. The summed E-state index contributed by atoms with van der Waals surface area (Å²) in [5.41, 5.74) is 1.62. The third-order valence-corrected chi connectivity index (χ3v) is 5.44. The van der Waals surface area contributed by atoms with Crippen molar-refractivity contribution in [1.29, 1.82) is 0 Å². The van der Waals surface area contributed by atoms with Crippen molar-refractivity contribution >= 4 is 17.4 Å². The van der Waals surface area contributed by atoms with Crippen molar-refractivity contribution in [3.8, 4) is 17.1 Å². The fourth-order valence-corrected chi connectivity index (χ4v) is 3.78. The molecule has 0 saturated carbocycles. The van der Waals surface area contributed by atoms with Crippen molar-refractivity contribution in [3.05, 3.63) is 64.7 Å². The molecule has 3 aromatic rings. The van der Waals surface area contributed by atoms with E-state index in [1.165, 1.54) is 12.1 Å². The van der Waals surface area contributed by atoms with Gasteiger partial charge in [-0.3, -0.25) is 4.79 Å². The summed E-state index contributed by atoms with van der Waals surface area (Å²) in [6, 6.07) is 12.3. The largest absolute Gasteiger partial charge is 0.493 e. The number of rotatable bonds is 6. The van der Waals surface area contributed by atoms with Gasteiger partial charge in [-0.25, -0.2) is 14.1 Å². The van der Waals surface area contributed by atoms with E-state index in [-0.39, 0.29) is 23.1 Å². The van der Waals surface area contributed by atoms with Gasteiger partial charge in [0.05, 0.1) is 18.1 Å². The number of ketones is 1. The van der Waals surface area contributed by atoms with Crippen molar-refractivity contribution in [1.82, 2.24) is 14.8 Å². The van der Waals surface area contributed by atoms with Gasteiger partial charge in [0.1, 0.15) is 23.2 Å². The van der Waals surface area contributed by atoms with Gasteiger partial charge < -0.3 is 4.74 Å². The fourth-order valence-electron chi connectivity index (χ4n) is 3.67. The maximum atomic E-state index is 13.8. The molecule has 0 amide bonds. The van der Waals surface area contributed by atoms with Gasteiger partial charge in [-0.15, -0.1) is 0 Å². The molecule has 0 saturated heterocycles. The highest BCUT2D eigenvalue weighted by atomic mass is 35.5. The second-order valence-corrected chi connectivity index (χ2v) is 7.49. The molecule has 1 aliphatic heterocycles. The van der Waals surface area contributed by atoms with Crippen LogP contribution in [0.25, 0.3) is 11.4 Å². The second kappa shape index (κ2) is 8.33. The molecule has 1 atom stereocenters. The van der Waals surface area contributed by atoms with Gasteiger partial charge in [0.2, 0.25) is 0 Å². The molecular formula is C22H21ClFN3O2. The van der Waals surface area contributed by atoms with Crippen LogP contribution in [0.15, 0.2) is 42.5 Å². The quantitative estimate of drug-likeness (QED) is 0.581. The van der Waals surface area contributed by atoms with Crippen LogP contribution in [-0.4, -0.2) is 27.2 Å². The SMILES string of the molecule is CCn1nc(-c2ccc(Cl)c(F)c2)nc1CC(=O)C[C@@H]1CCOc2ccccc21. The standard InChI is InChI=1S/C22H21ClFN3O2/c1-2-27-21(25-22(26-27)15-7-8-18(23)19(24)12-15)13-16(28)11-14-9-10-29-20-6-4-3-5-17(14)20/h3-8,12,14H,2,9-11,13H2,1H3/t14-/m0/s1. The smallest absolute Gasteiger partial charge is 0.181 e. The van der Waals surface area contributed by atoms with Gasteiger partial charge in [0.15, 0.2) is 5.82 Å². The van der Waals surface area contributed by atoms with Crippen LogP contribution in [0.3, 0.4) is 0 Å². The zero-order chi connectivity index (χ0) is 20.4. The summed E-state index contributed by atoms with van der Waals surface area (Å²) in [6.45, 7) is 3.13. The minimum atomic E-state index is -0.521. The predicted octanol–water partition coefficient (Wildman–Crippen LogP) is 4.83. The van der Waals surface area contributed by atoms with Crippen molar-refractivity contribution in [2.45, 2.75) is 38.6 Å². The Hall–Kier alpha value is -2.73. The van der Waals surface area contributed by atoms with E-state index in [4.69, 9.17) is 16.3 Å².